The van der Waals surface area contributed by atoms with Crippen LogP contribution in [0.25, 0.3) is 10.8 Å². The zero-order valence-corrected chi connectivity index (χ0v) is 13.0. The highest BCUT2D eigenvalue weighted by Crippen LogP contribution is 2.22. The number of para-hydroxylation sites is 1. The van der Waals surface area contributed by atoms with Crippen LogP contribution in [0.4, 0.5) is 14.9 Å². The summed E-state index contributed by atoms with van der Waals surface area (Å²) in [6.07, 6.45) is 0. The molecule has 5 heteroatoms. The second-order valence-electron chi connectivity index (χ2n) is 5.19. The first-order valence-electron chi connectivity index (χ1n) is 7.64. The van der Waals surface area contributed by atoms with Crippen molar-refractivity contribution < 1.29 is 13.9 Å². The monoisotopic (exact) mass is 324 g/mol. The van der Waals surface area contributed by atoms with Crippen LogP contribution >= 0.6 is 0 Å². The number of anilines is 1. The van der Waals surface area contributed by atoms with Gasteiger partial charge in [-0.2, -0.15) is 0 Å². The average Bonchev–Trinajstić information content (AvgIpc) is 2.60. The third-order valence-corrected chi connectivity index (χ3v) is 3.52. The van der Waals surface area contributed by atoms with Gasteiger partial charge in [0.1, 0.15) is 6.61 Å². The maximum Gasteiger partial charge on any atom is 0.319 e. The van der Waals surface area contributed by atoms with Gasteiger partial charge in [-0.1, -0.05) is 48.5 Å². The van der Waals surface area contributed by atoms with Crippen molar-refractivity contribution in [2.75, 3.05) is 18.5 Å². The second kappa shape index (κ2) is 7.46. The molecule has 24 heavy (non-hydrogen) atoms. The number of carbonyl (C=O) groups excluding carboxylic acids is 1. The van der Waals surface area contributed by atoms with Gasteiger partial charge in [0.05, 0.1) is 12.2 Å². The molecule has 0 aliphatic carbocycles. The van der Waals surface area contributed by atoms with Crippen molar-refractivity contribution in [3.63, 3.8) is 0 Å². The summed E-state index contributed by atoms with van der Waals surface area (Å²) in [6, 6.07) is 19.4. The Bertz CT molecular complexity index is 846. The quantitative estimate of drug-likeness (QED) is 0.692. The number of rotatable bonds is 5. The zero-order chi connectivity index (χ0) is 16.8. The number of hydrogen-bond acceptors (Lipinski definition) is 2. The molecule has 122 valence electrons. The molecule has 0 bridgehead atoms. The molecule has 0 radical (unpaired) electrons. The molecular formula is C19H17FN2O2. The lowest BCUT2D eigenvalue weighted by molar-refractivity contribution is 0.246. The van der Waals surface area contributed by atoms with Gasteiger partial charge in [0.2, 0.25) is 0 Å². The molecule has 0 heterocycles. The minimum absolute atomic E-state index is 0.175. The third-order valence-electron chi connectivity index (χ3n) is 3.52. The summed E-state index contributed by atoms with van der Waals surface area (Å²) in [5.74, 6) is -0.244. The fraction of sp³-hybridized carbons (Fsp3) is 0.105. The number of fused-ring (bicyclic) bond motifs is 1. The Morgan fingerprint density at radius 2 is 1.71 bits per heavy atom. The second-order valence-corrected chi connectivity index (χ2v) is 5.19. The maximum atomic E-state index is 13.4. The van der Waals surface area contributed by atoms with E-state index in [1.54, 1.807) is 18.2 Å². The van der Waals surface area contributed by atoms with Crippen molar-refractivity contribution in [1.29, 1.82) is 0 Å². The molecule has 0 saturated carbocycles. The summed E-state index contributed by atoms with van der Waals surface area (Å²) in [5.41, 5.74) is 0.737. The van der Waals surface area contributed by atoms with Crippen LogP contribution in [0.3, 0.4) is 0 Å². The lowest BCUT2D eigenvalue weighted by Gasteiger charge is -2.11. The molecule has 0 fully saturated rings. The number of urea groups is 1. The van der Waals surface area contributed by atoms with Gasteiger partial charge in [0, 0.05) is 5.39 Å². The Kier molecular flexibility index (Phi) is 4.91. The Morgan fingerprint density at radius 1 is 0.958 bits per heavy atom. The molecule has 2 N–H and O–H groups in total. The van der Waals surface area contributed by atoms with Crippen LogP contribution < -0.4 is 15.4 Å². The molecule has 3 rings (SSSR count). The summed E-state index contributed by atoms with van der Waals surface area (Å²) in [7, 11) is 0. The van der Waals surface area contributed by atoms with Crippen molar-refractivity contribution >= 4 is 22.5 Å². The highest BCUT2D eigenvalue weighted by molar-refractivity contribution is 6.01. The standard InChI is InChI=1S/C19H17FN2O2/c20-16-9-3-4-11-18(16)24-13-12-21-19(23)22-17-10-5-7-14-6-1-2-8-15(14)17/h1-11H,12-13H2,(H2,21,22,23). The smallest absolute Gasteiger partial charge is 0.319 e. The van der Waals surface area contributed by atoms with E-state index >= 15 is 0 Å². The van der Waals surface area contributed by atoms with Crippen LogP contribution in [0, 0.1) is 5.82 Å². The predicted molar refractivity (Wildman–Crippen MR) is 92.9 cm³/mol. The number of nitrogens with one attached hydrogen (secondary N) is 2. The number of ether oxygens (including phenoxy) is 1. The van der Waals surface area contributed by atoms with E-state index in [1.807, 2.05) is 42.5 Å². The summed E-state index contributed by atoms with van der Waals surface area (Å²) in [5, 5.41) is 7.53. The molecule has 0 aliphatic heterocycles. The van der Waals surface area contributed by atoms with Gasteiger partial charge in [0.25, 0.3) is 0 Å². The van der Waals surface area contributed by atoms with Crippen molar-refractivity contribution in [1.82, 2.24) is 5.32 Å². The summed E-state index contributed by atoms with van der Waals surface area (Å²) < 4.78 is 18.7. The van der Waals surface area contributed by atoms with Crippen LogP contribution in [0.1, 0.15) is 0 Å². The molecule has 3 aromatic rings. The van der Waals surface area contributed by atoms with E-state index in [-0.39, 0.29) is 24.9 Å². The molecule has 2 amide bonds. The fourth-order valence-corrected chi connectivity index (χ4v) is 2.39. The van der Waals surface area contributed by atoms with Gasteiger partial charge in [-0.05, 0) is 23.6 Å². The minimum Gasteiger partial charge on any atom is -0.489 e. The van der Waals surface area contributed by atoms with Crippen molar-refractivity contribution in [3.05, 3.63) is 72.5 Å². The third kappa shape index (κ3) is 3.81. The van der Waals surface area contributed by atoms with E-state index in [1.165, 1.54) is 6.07 Å². The van der Waals surface area contributed by atoms with Gasteiger partial charge in [-0.15, -0.1) is 0 Å². The van der Waals surface area contributed by atoms with E-state index in [0.29, 0.717) is 0 Å². The van der Waals surface area contributed by atoms with Gasteiger partial charge >= 0.3 is 6.03 Å². The van der Waals surface area contributed by atoms with Gasteiger partial charge in [-0.25, -0.2) is 9.18 Å². The SMILES string of the molecule is O=C(NCCOc1ccccc1F)Nc1cccc2ccccc12. The first kappa shape index (κ1) is 15.8. The number of amides is 2. The average molecular weight is 324 g/mol. The van der Waals surface area contributed by atoms with Crippen LogP contribution in [0.15, 0.2) is 66.7 Å². The van der Waals surface area contributed by atoms with E-state index in [9.17, 15) is 9.18 Å². The Labute approximate surface area is 139 Å². The highest BCUT2D eigenvalue weighted by atomic mass is 19.1. The van der Waals surface area contributed by atoms with Crippen molar-refractivity contribution in [2.24, 2.45) is 0 Å². The Hall–Kier alpha value is -3.08. The largest absolute Gasteiger partial charge is 0.489 e. The van der Waals surface area contributed by atoms with E-state index < -0.39 is 5.82 Å². The van der Waals surface area contributed by atoms with Crippen LogP contribution in [0.5, 0.6) is 5.75 Å². The van der Waals surface area contributed by atoms with Crippen LogP contribution in [0.2, 0.25) is 0 Å². The van der Waals surface area contributed by atoms with Gasteiger partial charge < -0.3 is 15.4 Å². The van der Waals surface area contributed by atoms with E-state index in [2.05, 4.69) is 10.6 Å². The molecule has 0 unspecified atom stereocenters. The Morgan fingerprint density at radius 3 is 2.58 bits per heavy atom. The number of hydrogen-bond donors (Lipinski definition) is 2. The number of carbonyl (C=O) groups is 1. The first-order valence-corrected chi connectivity index (χ1v) is 7.64. The van der Waals surface area contributed by atoms with Gasteiger partial charge in [-0.3, -0.25) is 0 Å². The van der Waals surface area contributed by atoms with E-state index in [4.69, 9.17) is 4.74 Å². The Balaban J connectivity index is 1.51. The molecule has 0 saturated heterocycles. The molecule has 4 nitrogen and oxygen atoms in total. The predicted octanol–water partition coefficient (Wildman–Crippen LogP) is 4.18. The first-order chi connectivity index (χ1) is 11.7. The highest BCUT2D eigenvalue weighted by Gasteiger charge is 2.05. The minimum atomic E-state index is -0.419. The zero-order valence-electron chi connectivity index (χ0n) is 13.0. The summed E-state index contributed by atoms with van der Waals surface area (Å²) >= 11 is 0. The molecule has 0 atom stereocenters. The van der Waals surface area contributed by atoms with Gasteiger partial charge in [0.15, 0.2) is 11.6 Å². The summed E-state index contributed by atoms with van der Waals surface area (Å²) in [4.78, 5) is 12.0. The number of benzene rings is 3. The molecule has 0 aromatic heterocycles. The normalized spacial score (nSPS) is 10.4. The van der Waals surface area contributed by atoms with Crippen LogP contribution in [-0.4, -0.2) is 19.2 Å². The molecule has 0 spiro atoms. The molecule has 0 aliphatic rings. The van der Waals surface area contributed by atoms with E-state index in [0.717, 1.165) is 16.5 Å². The van der Waals surface area contributed by atoms with Crippen molar-refractivity contribution in [3.8, 4) is 5.75 Å². The maximum absolute atomic E-state index is 13.4. The molecular weight excluding hydrogens is 307 g/mol. The van der Waals surface area contributed by atoms with Crippen LogP contribution in [-0.2, 0) is 0 Å². The molecule has 3 aromatic carbocycles. The summed E-state index contributed by atoms with van der Waals surface area (Å²) in [6.45, 7) is 0.453. The lowest BCUT2D eigenvalue weighted by atomic mass is 10.1. The lowest BCUT2D eigenvalue weighted by Crippen LogP contribution is -2.32. The topological polar surface area (TPSA) is 50.4 Å². The number of halogens is 1. The fourth-order valence-electron chi connectivity index (χ4n) is 2.39. The van der Waals surface area contributed by atoms with Crippen molar-refractivity contribution in [2.45, 2.75) is 0 Å².